The summed E-state index contributed by atoms with van der Waals surface area (Å²) in [7, 11) is 0. The minimum Gasteiger partial charge on any atom is -0.506 e. The molecule has 0 aliphatic carbocycles. The van der Waals surface area contributed by atoms with Crippen LogP contribution in [0.4, 0.5) is 11.5 Å². The van der Waals surface area contributed by atoms with Crippen LogP contribution in [0, 0.1) is 0 Å². The molecule has 228 valence electrons. The Morgan fingerprint density at radius 2 is 1.67 bits per heavy atom. The van der Waals surface area contributed by atoms with Gasteiger partial charge in [0, 0.05) is 24.8 Å². The number of nitrogens with one attached hydrogen (secondary N) is 2. The lowest BCUT2D eigenvalue weighted by Gasteiger charge is -2.33. The first-order valence-corrected chi connectivity index (χ1v) is 14.9. The molecule has 43 heavy (non-hydrogen) atoms. The van der Waals surface area contributed by atoms with Gasteiger partial charge >= 0.3 is 0 Å². The summed E-state index contributed by atoms with van der Waals surface area (Å²) in [5, 5.41) is 16.2. The number of hydrogen-bond donors (Lipinski definition) is 3. The highest BCUT2D eigenvalue weighted by Gasteiger charge is 2.30. The van der Waals surface area contributed by atoms with E-state index < -0.39 is 11.8 Å². The summed E-state index contributed by atoms with van der Waals surface area (Å²) in [6.07, 6.45) is 7.98. The lowest BCUT2D eigenvalue weighted by Crippen LogP contribution is -2.42. The number of pyridine rings is 1. The molecule has 3 N–H and O–H groups in total. The smallest absolute Gasteiger partial charge is 0.259 e. The molecule has 1 aromatic heterocycles. The number of aromatic hydroxyl groups is 1. The van der Waals surface area contributed by atoms with Gasteiger partial charge in [0.05, 0.1) is 22.2 Å². The summed E-state index contributed by atoms with van der Waals surface area (Å²) in [6, 6.07) is 14.5. The molecule has 9 nitrogen and oxygen atoms in total. The van der Waals surface area contributed by atoms with Crippen molar-refractivity contribution in [3.05, 3.63) is 82.5 Å². The number of likely N-dealkylation sites (tertiary alicyclic amines) is 2. The molecule has 2 saturated heterocycles. The summed E-state index contributed by atoms with van der Waals surface area (Å²) in [6.45, 7) is 4.93. The minimum absolute atomic E-state index is 0. The predicted octanol–water partition coefficient (Wildman–Crippen LogP) is 5.95. The monoisotopic (exact) mass is 625 g/mol. The van der Waals surface area contributed by atoms with Crippen LogP contribution < -0.4 is 10.6 Å². The molecule has 0 radical (unpaired) electrons. The molecule has 0 spiro atoms. The van der Waals surface area contributed by atoms with Crippen LogP contribution in [0.1, 0.15) is 70.7 Å². The predicted molar refractivity (Wildman–Crippen MR) is 170 cm³/mol. The second kappa shape index (κ2) is 15.2. The first-order valence-electron chi connectivity index (χ1n) is 14.6. The van der Waals surface area contributed by atoms with Crippen molar-refractivity contribution in [3.63, 3.8) is 0 Å². The van der Waals surface area contributed by atoms with Crippen molar-refractivity contribution < 1.29 is 19.5 Å². The maximum atomic E-state index is 13.3. The molecule has 2 aromatic carbocycles. The summed E-state index contributed by atoms with van der Waals surface area (Å²) < 4.78 is 0. The van der Waals surface area contributed by atoms with Crippen molar-refractivity contribution in [3.8, 4) is 5.75 Å². The molecular formula is C32H37Cl2N5O4. The van der Waals surface area contributed by atoms with E-state index in [0.717, 1.165) is 57.5 Å². The Labute approximate surface area is 263 Å². The molecule has 2 fully saturated rings. The Balaban J connectivity index is 0.00000423. The molecule has 2 aliphatic heterocycles. The number of rotatable bonds is 9. The lowest BCUT2D eigenvalue weighted by atomic mass is 9.89. The van der Waals surface area contributed by atoms with E-state index >= 15 is 0 Å². The number of hydrogen-bond acceptors (Lipinski definition) is 6. The van der Waals surface area contributed by atoms with Gasteiger partial charge in [-0.05, 0) is 93.7 Å². The van der Waals surface area contributed by atoms with Crippen molar-refractivity contribution in [2.75, 3.05) is 43.4 Å². The van der Waals surface area contributed by atoms with E-state index in [2.05, 4.69) is 20.5 Å². The number of aromatic nitrogens is 1. The number of amides is 3. The molecule has 3 heterocycles. The van der Waals surface area contributed by atoms with Crippen LogP contribution in [0.3, 0.4) is 0 Å². The van der Waals surface area contributed by atoms with E-state index in [1.807, 2.05) is 17.0 Å². The molecule has 3 aromatic rings. The number of carbonyl (C=O) groups excluding carboxylic acids is 3. The van der Waals surface area contributed by atoms with Crippen LogP contribution in [0.15, 0.2) is 60.8 Å². The third kappa shape index (κ3) is 8.25. The normalized spacial score (nSPS) is 17.2. The summed E-state index contributed by atoms with van der Waals surface area (Å²) >= 11 is 5.86. The topological polar surface area (TPSA) is 115 Å². The average Bonchev–Trinajstić information content (AvgIpc) is 3.01. The summed E-state index contributed by atoms with van der Waals surface area (Å²) in [5.74, 6) is -1.08. The fraction of sp³-hybridized carbons (Fsp3) is 0.375. The second-order valence-corrected chi connectivity index (χ2v) is 11.3. The Morgan fingerprint density at radius 1 is 0.907 bits per heavy atom. The Bertz CT molecular complexity index is 1410. The van der Waals surface area contributed by atoms with Gasteiger partial charge < -0.3 is 25.5 Å². The largest absolute Gasteiger partial charge is 0.506 e. The standard InChI is InChI=1S/C32H36ClN5O4.ClH/c33-24-14-15-28(34-21-24)35-31(41)26-7-4-9-27(39)29(26)36-30(40)23-12-10-22(11-13-23)25-8-5-19-38(32(25)42)20-6-18-37-16-2-1-3-17-37;/h4,7,9-15,21,25,39H,1-3,5-6,8,16-20H2,(H,36,40)(H,34,35,41);1H. The minimum atomic E-state index is -0.553. The summed E-state index contributed by atoms with van der Waals surface area (Å²) in [4.78, 5) is 47.9. The van der Waals surface area contributed by atoms with Crippen LogP contribution in [-0.4, -0.2) is 70.3 Å². The highest BCUT2D eigenvalue weighted by atomic mass is 35.5. The number of para-hydroxylation sites is 1. The van der Waals surface area contributed by atoms with Crippen LogP contribution in [0.25, 0.3) is 0 Å². The molecule has 5 rings (SSSR count). The molecule has 0 saturated carbocycles. The zero-order valence-corrected chi connectivity index (χ0v) is 25.5. The fourth-order valence-corrected chi connectivity index (χ4v) is 5.80. The van der Waals surface area contributed by atoms with Crippen molar-refractivity contribution in [2.24, 2.45) is 0 Å². The molecule has 11 heteroatoms. The number of benzene rings is 2. The number of halogens is 2. The molecule has 3 amide bonds. The van der Waals surface area contributed by atoms with Gasteiger partial charge in [-0.3, -0.25) is 14.4 Å². The number of nitrogens with zero attached hydrogens (tertiary/aromatic N) is 3. The van der Waals surface area contributed by atoms with Crippen LogP contribution in [-0.2, 0) is 4.79 Å². The van der Waals surface area contributed by atoms with Gasteiger partial charge in [0.15, 0.2) is 0 Å². The van der Waals surface area contributed by atoms with E-state index in [0.29, 0.717) is 10.6 Å². The van der Waals surface area contributed by atoms with Crippen molar-refractivity contribution in [1.29, 1.82) is 0 Å². The third-order valence-electron chi connectivity index (χ3n) is 7.95. The van der Waals surface area contributed by atoms with E-state index in [1.165, 1.54) is 43.7 Å². The zero-order valence-electron chi connectivity index (χ0n) is 23.9. The SMILES string of the molecule is Cl.O=C(Nc1c(O)cccc1C(=O)Nc1ccc(Cl)cn1)c1ccc(C2CCCN(CCCN3CCCCC3)C2=O)cc1. The van der Waals surface area contributed by atoms with Crippen LogP contribution >= 0.6 is 24.0 Å². The van der Waals surface area contributed by atoms with Gasteiger partial charge in [-0.25, -0.2) is 4.98 Å². The van der Waals surface area contributed by atoms with Crippen molar-refractivity contribution in [1.82, 2.24) is 14.8 Å². The lowest BCUT2D eigenvalue weighted by molar-refractivity contribution is -0.135. The Kier molecular flexibility index (Phi) is 11.4. The first-order chi connectivity index (χ1) is 20.4. The van der Waals surface area contributed by atoms with E-state index in [1.54, 1.807) is 24.3 Å². The van der Waals surface area contributed by atoms with E-state index in [9.17, 15) is 19.5 Å². The van der Waals surface area contributed by atoms with Crippen molar-refractivity contribution in [2.45, 2.75) is 44.4 Å². The van der Waals surface area contributed by atoms with Crippen LogP contribution in [0.5, 0.6) is 5.75 Å². The number of phenolic OH excluding ortho intramolecular Hbond substituents is 1. The molecular weight excluding hydrogens is 589 g/mol. The average molecular weight is 627 g/mol. The summed E-state index contributed by atoms with van der Waals surface area (Å²) in [5.41, 5.74) is 1.29. The third-order valence-corrected chi connectivity index (χ3v) is 8.18. The highest BCUT2D eigenvalue weighted by molar-refractivity contribution is 6.30. The zero-order chi connectivity index (χ0) is 29.5. The number of phenols is 1. The maximum absolute atomic E-state index is 13.3. The molecule has 1 atom stereocenters. The first kappa shape index (κ1) is 32.3. The highest BCUT2D eigenvalue weighted by Crippen LogP contribution is 2.31. The maximum Gasteiger partial charge on any atom is 0.259 e. The number of anilines is 2. The quantitative estimate of drug-likeness (QED) is 0.253. The Morgan fingerprint density at radius 3 is 2.40 bits per heavy atom. The van der Waals surface area contributed by atoms with Gasteiger partial charge in [0.25, 0.3) is 11.8 Å². The second-order valence-electron chi connectivity index (χ2n) is 10.9. The number of piperidine rings is 2. The van der Waals surface area contributed by atoms with E-state index in [-0.39, 0.29) is 47.1 Å². The number of carbonyl (C=O) groups is 3. The molecule has 0 bridgehead atoms. The van der Waals surface area contributed by atoms with Crippen molar-refractivity contribution >= 4 is 53.2 Å². The van der Waals surface area contributed by atoms with Crippen LogP contribution in [0.2, 0.25) is 5.02 Å². The molecule has 2 aliphatic rings. The molecule has 1 unspecified atom stereocenters. The van der Waals surface area contributed by atoms with E-state index in [4.69, 9.17) is 11.6 Å². The van der Waals surface area contributed by atoms with Gasteiger partial charge in [0.1, 0.15) is 11.6 Å². The van der Waals surface area contributed by atoms with Gasteiger partial charge in [-0.2, -0.15) is 0 Å². The Hall–Kier alpha value is -3.66. The fourth-order valence-electron chi connectivity index (χ4n) is 5.69. The van der Waals surface area contributed by atoms with Gasteiger partial charge in [-0.1, -0.05) is 36.2 Å². The van der Waals surface area contributed by atoms with Gasteiger partial charge in [-0.15, -0.1) is 12.4 Å². The van der Waals surface area contributed by atoms with Gasteiger partial charge in [0.2, 0.25) is 5.91 Å².